The van der Waals surface area contributed by atoms with Gasteiger partial charge in [0.25, 0.3) is 0 Å². The number of nitrogen functional groups attached to an aromatic ring is 1. The fraction of sp³-hybridized carbons (Fsp3) is 0.250. The maximum Gasteiger partial charge on any atom is 0.124 e. The lowest BCUT2D eigenvalue weighted by Gasteiger charge is -2.04. The Morgan fingerprint density at radius 3 is 2.18 bits per heavy atom. The Bertz CT molecular complexity index is 366. The van der Waals surface area contributed by atoms with E-state index in [9.17, 15) is 0 Å². The first kappa shape index (κ1) is 2.93. The second-order valence-electron chi connectivity index (χ2n) is 1.94. The first-order chi connectivity index (χ1) is 7.55. The smallest absolute Gasteiger partial charge is 0.124 e. The van der Waals surface area contributed by atoms with Crippen LogP contribution in [0.4, 0.5) is 5.69 Å². The van der Waals surface area contributed by atoms with Crippen LogP contribution in [0.2, 0.25) is 0 Å². The number of anilines is 1. The molecule has 0 aliphatic rings. The van der Waals surface area contributed by atoms with Crippen molar-refractivity contribution in [3.05, 3.63) is 18.2 Å². The molecule has 1 rings (SSSR count). The lowest BCUT2D eigenvalue weighted by Crippen LogP contribution is -1.90. The highest BCUT2D eigenvalue weighted by atomic mass is 16.5. The fourth-order valence-corrected chi connectivity index (χ4v) is 0.712. The molecule has 0 amide bonds. The third kappa shape index (κ3) is 1.77. The molecule has 3 nitrogen and oxygen atoms in total. The number of methoxy groups -OCH3 is 2. The molecule has 0 unspecified atom stereocenters. The monoisotopic (exact) mass is 161 g/mol. The van der Waals surface area contributed by atoms with Crippen LogP contribution in [0.3, 0.4) is 0 Å². The van der Waals surface area contributed by atoms with Crippen molar-refractivity contribution in [2.75, 3.05) is 19.8 Å². The van der Waals surface area contributed by atoms with Crippen molar-refractivity contribution in [1.29, 1.82) is 0 Å². The van der Waals surface area contributed by atoms with Crippen molar-refractivity contribution < 1.29 is 17.7 Å². The maximum absolute atomic E-state index is 6.91. The van der Waals surface area contributed by atoms with E-state index < -0.39 is 14.1 Å². The van der Waals surface area contributed by atoms with E-state index in [1.165, 1.54) is 12.1 Å². The predicted molar refractivity (Wildman–Crippen MR) is 44.0 cm³/mol. The Morgan fingerprint density at radius 2 is 1.73 bits per heavy atom. The summed E-state index contributed by atoms with van der Waals surface area (Å²) in [5.74, 6) is -0.159. The van der Waals surface area contributed by atoms with Crippen molar-refractivity contribution in [3.8, 4) is 11.5 Å². The third-order valence-corrected chi connectivity index (χ3v) is 1.14. The molecule has 0 atom stereocenters. The van der Waals surface area contributed by atoms with Gasteiger partial charge >= 0.3 is 0 Å². The summed E-state index contributed by atoms with van der Waals surface area (Å²) in [4.78, 5) is 0. The molecule has 0 saturated carbocycles. The SMILES string of the molecule is [2H][13C]([2H])([2H])Oc1cc(N)cc(O[13C]([2H])([2H])[2H])c1. The van der Waals surface area contributed by atoms with Gasteiger partial charge in [0.15, 0.2) is 0 Å². The Morgan fingerprint density at radius 1 is 1.18 bits per heavy atom. The van der Waals surface area contributed by atoms with Crippen LogP contribution in [0.1, 0.15) is 8.22 Å². The summed E-state index contributed by atoms with van der Waals surface area (Å²) >= 11 is 0. The van der Waals surface area contributed by atoms with Crippen molar-refractivity contribution >= 4 is 5.69 Å². The molecule has 0 radical (unpaired) electrons. The minimum Gasteiger partial charge on any atom is -0.497 e. The zero-order valence-corrected chi connectivity index (χ0v) is 5.63. The number of hydrogen-bond donors (Lipinski definition) is 1. The van der Waals surface area contributed by atoms with E-state index in [4.69, 9.17) is 14.0 Å². The molecule has 0 saturated heterocycles. The molecule has 0 fully saturated rings. The van der Waals surface area contributed by atoms with Crippen LogP contribution in [0.25, 0.3) is 0 Å². The molecule has 0 aliphatic heterocycles. The highest BCUT2D eigenvalue weighted by Gasteiger charge is 1.97. The van der Waals surface area contributed by atoms with Gasteiger partial charge in [0.2, 0.25) is 0 Å². The molecule has 0 spiro atoms. The van der Waals surface area contributed by atoms with E-state index in [0.29, 0.717) is 0 Å². The second-order valence-corrected chi connectivity index (χ2v) is 1.94. The third-order valence-electron chi connectivity index (χ3n) is 1.14. The van der Waals surface area contributed by atoms with Crippen LogP contribution < -0.4 is 15.2 Å². The van der Waals surface area contributed by atoms with Crippen molar-refractivity contribution in [3.63, 3.8) is 0 Å². The highest BCUT2D eigenvalue weighted by molar-refractivity contribution is 5.50. The van der Waals surface area contributed by atoms with E-state index in [1.54, 1.807) is 0 Å². The second kappa shape index (κ2) is 3.14. The molecule has 3 heteroatoms. The first-order valence-corrected chi connectivity index (χ1v) is 2.84. The van der Waals surface area contributed by atoms with Crippen LogP contribution in [-0.2, 0) is 0 Å². The molecule has 0 bridgehead atoms. The lowest BCUT2D eigenvalue weighted by molar-refractivity contribution is 0.395. The molecule has 0 heterocycles. The lowest BCUT2D eigenvalue weighted by atomic mass is 10.3. The summed E-state index contributed by atoms with van der Waals surface area (Å²) in [6.07, 6.45) is 0. The summed E-state index contributed by atoms with van der Waals surface area (Å²) in [7, 11) is -5.27. The van der Waals surface area contributed by atoms with Gasteiger partial charge < -0.3 is 15.2 Å². The quantitative estimate of drug-likeness (QED) is 0.525. The molecule has 60 valence electrons. The van der Waals surface area contributed by atoms with E-state index in [-0.39, 0.29) is 17.2 Å². The predicted octanol–water partition coefficient (Wildman–Crippen LogP) is 1.29. The van der Waals surface area contributed by atoms with Gasteiger partial charge in [-0.25, -0.2) is 0 Å². The zero-order valence-electron chi connectivity index (χ0n) is 11.6. The minimum atomic E-state index is -2.63. The number of ether oxygens (including phenoxy) is 2. The van der Waals surface area contributed by atoms with E-state index in [1.807, 2.05) is 0 Å². The fourth-order valence-electron chi connectivity index (χ4n) is 0.712. The van der Waals surface area contributed by atoms with Gasteiger partial charge in [0, 0.05) is 23.9 Å². The highest BCUT2D eigenvalue weighted by Crippen LogP contribution is 2.23. The molecular formula is C8H11NO2. The standard InChI is InChI=1S/C8H11NO2/c1-10-7-3-6(9)4-8(5-7)11-2/h3-5H,9H2,1-2H3/i1+1D3,2+1D3. The molecule has 2 N–H and O–H groups in total. The Kier molecular flexibility index (Phi) is 0.837. The van der Waals surface area contributed by atoms with Gasteiger partial charge in [0.1, 0.15) is 11.5 Å². The number of hydrogen-bond acceptors (Lipinski definition) is 3. The van der Waals surface area contributed by atoms with Crippen LogP contribution in [0, 0.1) is 0 Å². The van der Waals surface area contributed by atoms with E-state index in [2.05, 4.69) is 9.47 Å². The summed E-state index contributed by atoms with van der Waals surface area (Å²) in [6.45, 7) is 0. The minimum absolute atomic E-state index is 0.0794. The van der Waals surface area contributed by atoms with Gasteiger partial charge in [-0.2, -0.15) is 0 Å². The summed E-state index contributed by atoms with van der Waals surface area (Å²) in [5.41, 5.74) is 5.61. The molecule has 0 aromatic heterocycles. The Labute approximate surface area is 74.2 Å². The van der Waals surface area contributed by atoms with E-state index >= 15 is 0 Å². The van der Waals surface area contributed by atoms with Crippen LogP contribution in [0.15, 0.2) is 18.2 Å². The molecule has 1 aromatic rings. The van der Waals surface area contributed by atoms with Gasteiger partial charge in [-0.3, -0.25) is 0 Å². The summed E-state index contributed by atoms with van der Waals surface area (Å²) in [6, 6.07) is 3.67. The maximum atomic E-state index is 6.91. The Hall–Kier alpha value is -1.38. The molecular weight excluding hydrogens is 144 g/mol. The van der Waals surface area contributed by atoms with Crippen molar-refractivity contribution in [2.45, 2.75) is 0 Å². The Balaban J connectivity index is 2.95. The summed E-state index contributed by atoms with van der Waals surface area (Å²) < 4.78 is 50.6. The average molecular weight is 161 g/mol. The molecule has 11 heavy (non-hydrogen) atoms. The van der Waals surface area contributed by atoms with E-state index in [0.717, 1.165) is 6.07 Å². The molecule has 1 aromatic carbocycles. The van der Waals surface area contributed by atoms with Crippen molar-refractivity contribution in [2.24, 2.45) is 0 Å². The van der Waals surface area contributed by atoms with Gasteiger partial charge in [-0.15, -0.1) is 0 Å². The summed E-state index contributed by atoms with van der Waals surface area (Å²) in [5, 5.41) is 0. The zero-order chi connectivity index (χ0) is 13.3. The van der Waals surface area contributed by atoms with Gasteiger partial charge in [-0.05, 0) is 0 Å². The average Bonchev–Trinajstić information content (AvgIpc) is 1.93. The van der Waals surface area contributed by atoms with Gasteiger partial charge in [0.05, 0.1) is 22.3 Å². The van der Waals surface area contributed by atoms with Crippen LogP contribution >= 0.6 is 0 Å². The number of rotatable bonds is 2. The number of nitrogens with two attached hydrogens (primary N) is 1. The normalized spacial score (nSPS) is 19.6. The largest absolute Gasteiger partial charge is 0.497 e. The topological polar surface area (TPSA) is 44.5 Å². The van der Waals surface area contributed by atoms with Crippen molar-refractivity contribution in [1.82, 2.24) is 0 Å². The first-order valence-electron chi connectivity index (χ1n) is 5.84. The van der Waals surface area contributed by atoms with Gasteiger partial charge in [-0.1, -0.05) is 0 Å². The molecule has 0 aliphatic carbocycles. The van der Waals surface area contributed by atoms with Crippen LogP contribution in [0.5, 0.6) is 11.5 Å². The number of benzene rings is 1. The van der Waals surface area contributed by atoms with Crippen LogP contribution in [-0.4, -0.2) is 14.1 Å².